The Bertz CT molecular complexity index is 734. The maximum absolute atomic E-state index is 7.05. The van der Waals surface area contributed by atoms with Crippen LogP contribution in [0.1, 0.15) is 49.7 Å². The van der Waals surface area contributed by atoms with Crippen LogP contribution in [0.3, 0.4) is 0 Å². The van der Waals surface area contributed by atoms with Gasteiger partial charge in [0.25, 0.3) is 0 Å². The van der Waals surface area contributed by atoms with Crippen molar-refractivity contribution < 1.29 is 9.47 Å². The third-order valence-electron chi connectivity index (χ3n) is 6.23. The molecule has 3 rings (SSSR count). The molecule has 1 atom stereocenters. The van der Waals surface area contributed by atoms with E-state index in [0.717, 1.165) is 43.7 Å². The zero-order valence-corrected chi connectivity index (χ0v) is 20.5. The van der Waals surface area contributed by atoms with E-state index in [0.29, 0.717) is 0 Å². The van der Waals surface area contributed by atoms with Gasteiger partial charge in [0.05, 0.1) is 14.2 Å². The number of piperidine rings is 1. The average molecular weight is 469 g/mol. The van der Waals surface area contributed by atoms with Gasteiger partial charge in [0.15, 0.2) is 0 Å². The van der Waals surface area contributed by atoms with Gasteiger partial charge >= 0.3 is 0 Å². The molecule has 2 aromatic rings. The fourth-order valence-corrected chi connectivity index (χ4v) is 4.30. The summed E-state index contributed by atoms with van der Waals surface area (Å²) in [4.78, 5) is 2.60. The number of methoxy groups -OCH3 is 2. The van der Waals surface area contributed by atoms with E-state index in [1.807, 2.05) is 24.3 Å². The minimum absolute atomic E-state index is 0. The minimum Gasteiger partial charge on any atom is -0.497 e. The maximum atomic E-state index is 7.05. The number of hydrogen-bond acceptors (Lipinski definition) is 4. The highest BCUT2D eigenvalue weighted by atomic mass is 35.5. The molecule has 0 bridgehead atoms. The molecule has 0 saturated carbocycles. The van der Waals surface area contributed by atoms with Crippen LogP contribution in [0.5, 0.6) is 11.5 Å². The van der Waals surface area contributed by atoms with Crippen LogP contribution in [0.15, 0.2) is 48.5 Å². The first kappa shape index (κ1) is 27.6. The lowest BCUT2D eigenvalue weighted by molar-refractivity contribution is 0.214. The largest absolute Gasteiger partial charge is 0.497 e. The summed E-state index contributed by atoms with van der Waals surface area (Å²) in [6.45, 7) is 3.63. The van der Waals surface area contributed by atoms with Gasteiger partial charge in [0, 0.05) is 5.54 Å². The molecule has 1 aliphatic rings. The average Bonchev–Trinajstić information content (AvgIpc) is 2.79. The van der Waals surface area contributed by atoms with Crippen LogP contribution in [0.2, 0.25) is 0 Å². The van der Waals surface area contributed by atoms with E-state index in [2.05, 4.69) is 29.2 Å². The Morgan fingerprint density at radius 2 is 1.35 bits per heavy atom. The summed E-state index contributed by atoms with van der Waals surface area (Å²) >= 11 is 0. The number of likely N-dealkylation sites (tertiary alicyclic amines) is 1. The van der Waals surface area contributed by atoms with Gasteiger partial charge in [-0.1, -0.05) is 30.7 Å². The van der Waals surface area contributed by atoms with Crippen LogP contribution in [-0.2, 0) is 12.0 Å². The van der Waals surface area contributed by atoms with E-state index in [9.17, 15) is 0 Å². The second-order valence-electron chi connectivity index (χ2n) is 8.24. The standard InChI is InChI=1S/C25H36N2O2.2ClH/c1-28-23-11-7-21(8-12-23)15-17-25(26,22-9-13-24(29-2)14-10-22)16-6-20-27-18-4-3-5-19-27;;/h7-14H,3-6,15-20,26H2,1-2H3;2*1H/t25-;;/m0../s1. The van der Waals surface area contributed by atoms with Crippen LogP contribution >= 0.6 is 24.8 Å². The summed E-state index contributed by atoms with van der Waals surface area (Å²) < 4.78 is 10.6. The number of hydrogen-bond donors (Lipinski definition) is 1. The second kappa shape index (κ2) is 13.8. The normalized spacial score (nSPS) is 15.8. The van der Waals surface area contributed by atoms with E-state index in [4.69, 9.17) is 15.2 Å². The van der Waals surface area contributed by atoms with Gasteiger partial charge in [-0.15, -0.1) is 24.8 Å². The van der Waals surface area contributed by atoms with Crippen molar-refractivity contribution in [2.24, 2.45) is 5.73 Å². The Morgan fingerprint density at radius 3 is 1.90 bits per heavy atom. The third-order valence-corrected chi connectivity index (χ3v) is 6.23. The highest BCUT2D eigenvalue weighted by molar-refractivity contribution is 5.85. The number of ether oxygens (including phenoxy) is 2. The summed E-state index contributed by atoms with van der Waals surface area (Å²) in [6.07, 6.45) is 8.05. The van der Waals surface area contributed by atoms with Crippen molar-refractivity contribution in [3.05, 3.63) is 59.7 Å². The molecule has 0 radical (unpaired) electrons. The molecule has 6 heteroatoms. The third kappa shape index (κ3) is 8.19. The fraction of sp³-hybridized carbons (Fsp3) is 0.520. The fourth-order valence-electron chi connectivity index (χ4n) is 4.30. The lowest BCUT2D eigenvalue weighted by atomic mass is 9.81. The van der Waals surface area contributed by atoms with Crippen LogP contribution in [0.25, 0.3) is 0 Å². The van der Waals surface area contributed by atoms with Crippen molar-refractivity contribution in [1.82, 2.24) is 4.90 Å². The first-order valence-electron chi connectivity index (χ1n) is 10.9. The molecule has 1 fully saturated rings. The van der Waals surface area contributed by atoms with Gasteiger partial charge in [0.1, 0.15) is 11.5 Å². The van der Waals surface area contributed by atoms with E-state index in [1.54, 1.807) is 14.2 Å². The molecule has 1 saturated heterocycles. The molecule has 2 N–H and O–H groups in total. The molecular formula is C25H38Cl2N2O2. The van der Waals surface area contributed by atoms with E-state index in [1.165, 1.54) is 43.5 Å². The first-order valence-corrected chi connectivity index (χ1v) is 10.9. The summed E-state index contributed by atoms with van der Waals surface area (Å²) in [5.74, 6) is 1.77. The van der Waals surface area contributed by atoms with E-state index in [-0.39, 0.29) is 30.4 Å². The lowest BCUT2D eigenvalue weighted by Gasteiger charge is -2.33. The van der Waals surface area contributed by atoms with Crippen molar-refractivity contribution in [2.75, 3.05) is 33.9 Å². The summed E-state index contributed by atoms with van der Waals surface area (Å²) in [6, 6.07) is 16.6. The van der Waals surface area contributed by atoms with Gasteiger partial charge < -0.3 is 20.1 Å². The Labute approximate surface area is 200 Å². The molecule has 31 heavy (non-hydrogen) atoms. The number of benzene rings is 2. The molecule has 0 unspecified atom stereocenters. The molecular weight excluding hydrogens is 431 g/mol. The Hall–Kier alpha value is -1.46. The Kier molecular flexibility index (Phi) is 12.3. The maximum Gasteiger partial charge on any atom is 0.118 e. The predicted molar refractivity (Wildman–Crippen MR) is 134 cm³/mol. The van der Waals surface area contributed by atoms with Crippen molar-refractivity contribution in [1.29, 1.82) is 0 Å². The van der Waals surface area contributed by atoms with Crippen molar-refractivity contribution in [3.8, 4) is 11.5 Å². The molecule has 4 nitrogen and oxygen atoms in total. The van der Waals surface area contributed by atoms with Gasteiger partial charge in [-0.25, -0.2) is 0 Å². The van der Waals surface area contributed by atoms with Gasteiger partial charge in [0.2, 0.25) is 0 Å². The molecule has 0 amide bonds. The Balaban J connectivity index is 0.00000240. The topological polar surface area (TPSA) is 47.7 Å². The molecule has 0 aromatic heterocycles. The van der Waals surface area contributed by atoms with Gasteiger partial charge in [-0.2, -0.15) is 0 Å². The molecule has 0 spiro atoms. The molecule has 174 valence electrons. The second-order valence-corrected chi connectivity index (χ2v) is 8.24. The van der Waals surface area contributed by atoms with Gasteiger partial charge in [-0.3, -0.25) is 0 Å². The van der Waals surface area contributed by atoms with Crippen molar-refractivity contribution in [3.63, 3.8) is 0 Å². The van der Waals surface area contributed by atoms with Crippen LogP contribution < -0.4 is 15.2 Å². The molecule has 1 aliphatic heterocycles. The summed E-state index contributed by atoms with van der Waals surface area (Å²) in [5, 5.41) is 0. The molecule has 2 aromatic carbocycles. The van der Waals surface area contributed by atoms with E-state index < -0.39 is 0 Å². The quantitative estimate of drug-likeness (QED) is 0.492. The Morgan fingerprint density at radius 1 is 0.806 bits per heavy atom. The van der Waals surface area contributed by atoms with Crippen LogP contribution in [0.4, 0.5) is 0 Å². The minimum atomic E-state index is -0.331. The number of nitrogens with zero attached hydrogens (tertiary/aromatic N) is 1. The number of halogens is 2. The zero-order valence-electron chi connectivity index (χ0n) is 18.8. The van der Waals surface area contributed by atoms with Crippen LogP contribution in [0, 0.1) is 0 Å². The monoisotopic (exact) mass is 468 g/mol. The summed E-state index contributed by atoms with van der Waals surface area (Å²) in [5.41, 5.74) is 9.21. The predicted octanol–water partition coefficient (Wildman–Crippen LogP) is 5.60. The van der Waals surface area contributed by atoms with E-state index >= 15 is 0 Å². The number of rotatable bonds is 10. The van der Waals surface area contributed by atoms with Crippen LogP contribution in [-0.4, -0.2) is 38.8 Å². The smallest absolute Gasteiger partial charge is 0.118 e. The van der Waals surface area contributed by atoms with Crippen molar-refractivity contribution >= 4 is 24.8 Å². The molecule has 1 heterocycles. The highest BCUT2D eigenvalue weighted by Gasteiger charge is 2.27. The van der Waals surface area contributed by atoms with Gasteiger partial charge in [-0.05, 0) is 93.6 Å². The highest BCUT2D eigenvalue weighted by Crippen LogP contribution is 2.31. The first-order chi connectivity index (χ1) is 14.1. The number of aryl methyl sites for hydroxylation is 1. The summed E-state index contributed by atoms with van der Waals surface area (Å²) in [7, 11) is 3.40. The molecule has 0 aliphatic carbocycles. The lowest BCUT2D eigenvalue weighted by Crippen LogP contribution is -2.39. The van der Waals surface area contributed by atoms with Crippen molar-refractivity contribution in [2.45, 2.75) is 50.5 Å². The SMILES string of the molecule is COc1ccc(CC[C@@](N)(CCCN2CCCCC2)c2ccc(OC)cc2)cc1.Cl.Cl. The number of nitrogens with two attached hydrogens (primary N) is 1. The zero-order chi connectivity index (χ0) is 20.5.